The predicted octanol–water partition coefficient (Wildman–Crippen LogP) is 6.56. The molecule has 0 heterocycles. The summed E-state index contributed by atoms with van der Waals surface area (Å²) in [4.78, 5) is 28.8. The molecule has 0 radical (unpaired) electrons. The summed E-state index contributed by atoms with van der Waals surface area (Å²) in [6, 6.07) is 18.1. The second-order valence-electron chi connectivity index (χ2n) is 10.2. The molecule has 0 aromatic heterocycles. The molecule has 0 fully saturated rings. The largest absolute Gasteiger partial charge is 0.350 e. The van der Waals surface area contributed by atoms with Gasteiger partial charge in [0.25, 0.3) is 10.0 Å². The Morgan fingerprint density at radius 1 is 0.900 bits per heavy atom. The van der Waals surface area contributed by atoms with Crippen LogP contribution < -0.4 is 9.62 Å². The van der Waals surface area contributed by atoms with E-state index in [1.807, 2.05) is 20.8 Å². The minimum atomic E-state index is -4.26. The molecule has 1 atom stereocenters. The van der Waals surface area contributed by atoms with Crippen molar-refractivity contribution in [1.82, 2.24) is 10.2 Å². The van der Waals surface area contributed by atoms with E-state index in [1.54, 1.807) is 49.4 Å². The lowest BCUT2D eigenvalue weighted by molar-refractivity contribution is -0.141. The van der Waals surface area contributed by atoms with Crippen molar-refractivity contribution in [2.24, 2.45) is 0 Å². The first-order valence-electron chi connectivity index (χ1n) is 12.6. The van der Waals surface area contributed by atoms with Crippen molar-refractivity contribution in [3.63, 3.8) is 0 Å². The predicted molar refractivity (Wildman–Crippen MR) is 161 cm³/mol. The number of halogens is 3. The number of benzene rings is 3. The molecule has 0 saturated carbocycles. The molecular weight excluding hydrogens is 593 g/mol. The highest BCUT2D eigenvalue weighted by atomic mass is 35.5. The Balaban J connectivity index is 2.10. The van der Waals surface area contributed by atoms with Crippen LogP contribution in [0.1, 0.15) is 39.7 Å². The fourth-order valence-corrected chi connectivity index (χ4v) is 6.08. The highest BCUT2D eigenvalue weighted by molar-refractivity contribution is 7.92. The summed E-state index contributed by atoms with van der Waals surface area (Å²) in [6.07, 6.45) is 0.296. The molecule has 2 amide bonds. The van der Waals surface area contributed by atoms with Crippen LogP contribution in [0.4, 0.5) is 5.69 Å². The van der Waals surface area contributed by atoms with Gasteiger partial charge in [-0.2, -0.15) is 0 Å². The molecule has 3 rings (SSSR count). The number of nitrogens with one attached hydrogen (secondary N) is 1. The molecule has 1 unspecified atom stereocenters. The first-order chi connectivity index (χ1) is 18.7. The van der Waals surface area contributed by atoms with Crippen LogP contribution in [0, 0.1) is 0 Å². The molecule has 0 aliphatic heterocycles. The first-order valence-corrected chi connectivity index (χ1v) is 15.2. The van der Waals surface area contributed by atoms with Gasteiger partial charge in [-0.25, -0.2) is 8.42 Å². The maximum atomic E-state index is 14.1. The van der Waals surface area contributed by atoms with Gasteiger partial charge in [-0.1, -0.05) is 72.1 Å². The lowest BCUT2D eigenvalue weighted by Gasteiger charge is -2.35. The third-order valence-corrected chi connectivity index (χ3v) is 8.52. The molecule has 3 aromatic rings. The molecule has 1 N–H and O–H groups in total. The summed E-state index contributed by atoms with van der Waals surface area (Å²) in [6.45, 7) is 6.76. The standard InChI is InChI=1S/C29H32Cl3N3O4S/c1-5-25(28(37)33-29(2,3)4)34(18-20-11-13-21(30)14-12-20)27(36)19-35(26-17-22(31)15-16-24(26)32)40(38,39)23-9-7-6-8-10-23/h6-17,25H,5,18-19H2,1-4H3,(H,33,37). The summed E-state index contributed by atoms with van der Waals surface area (Å²) < 4.78 is 28.7. The molecular formula is C29H32Cl3N3O4S. The van der Waals surface area contributed by atoms with Gasteiger partial charge in [0, 0.05) is 22.1 Å². The Morgan fingerprint density at radius 3 is 2.08 bits per heavy atom. The van der Waals surface area contributed by atoms with Crippen LogP contribution in [0.15, 0.2) is 77.7 Å². The molecule has 214 valence electrons. The summed E-state index contributed by atoms with van der Waals surface area (Å²) in [5.74, 6) is -0.947. The summed E-state index contributed by atoms with van der Waals surface area (Å²) in [7, 11) is -4.26. The maximum absolute atomic E-state index is 14.1. The molecule has 0 aliphatic rings. The van der Waals surface area contributed by atoms with E-state index in [2.05, 4.69) is 5.32 Å². The van der Waals surface area contributed by atoms with Crippen LogP contribution in [0.3, 0.4) is 0 Å². The van der Waals surface area contributed by atoms with Gasteiger partial charge in [0.2, 0.25) is 11.8 Å². The molecule has 7 nitrogen and oxygen atoms in total. The summed E-state index contributed by atoms with van der Waals surface area (Å²) in [5.41, 5.74) is 0.222. The first kappa shape index (κ1) is 31.7. The van der Waals surface area contributed by atoms with Crippen molar-refractivity contribution < 1.29 is 18.0 Å². The van der Waals surface area contributed by atoms with Crippen molar-refractivity contribution >= 4 is 62.3 Å². The molecule has 0 bridgehead atoms. The number of hydrogen-bond acceptors (Lipinski definition) is 4. The highest BCUT2D eigenvalue weighted by Gasteiger charge is 2.35. The number of amides is 2. The topological polar surface area (TPSA) is 86.8 Å². The van der Waals surface area contributed by atoms with Crippen molar-refractivity contribution in [1.29, 1.82) is 0 Å². The van der Waals surface area contributed by atoms with Crippen LogP contribution in [-0.2, 0) is 26.2 Å². The molecule has 0 aliphatic carbocycles. The maximum Gasteiger partial charge on any atom is 0.264 e. The van der Waals surface area contributed by atoms with Crippen LogP contribution in [-0.4, -0.2) is 43.3 Å². The van der Waals surface area contributed by atoms with E-state index in [4.69, 9.17) is 34.8 Å². The zero-order chi connectivity index (χ0) is 29.7. The zero-order valence-electron chi connectivity index (χ0n) is 22.7. The molecule has 3 aromatic carbocycles. The third-order valence-electron chi connectivity index (χ3n) is 5.94. The van der Waals surface area contributed by atoms with E-state index in [9.17, 15) is 18.0 Å². The van der Waals surface area contributed by atoms with E-state index in [0.29, 0.717) is 11.4 Å². The van der Waals surface area contributed by atoms with Gasteiger partial charge >= 0.3 is 0 Å². The number of anilines is 1. The number of sulfonamides is 1. The molecule has 40 heavy (non-hydrogen) atoms. The molecule has 11 heteroatoms. The number of carbonyl (C=O) groups excluding carboxylic acids is 2. The number of rotatable bonds is 10. The van der Waals surface area contributed by atoms with E-state index in [-0.39, 0.29) is 33.1 Å². The van der Waals surface area contributed by atoms with Gasteiger partial charge in [-0.15, -0.1) is 0 Å². The van der Waals surface area contributed by atoms with Crippen molar-refractivity contribution in [2.75, 3.05) is 10.8 Å². The number of nitrogens with zero attached hydrogens (tertiary/aromatic N) is 2. The van der Waals surface area contributed by atoms with Crippen LogP contribution in [0.5, 0.6) is 0 Å². The number of hydrogen-bond donors (Lipinski definition) is 1. The Labute approximate surface area is 251 Å². The average molecular weight is 625 g/mol. The Bertz CT molecular complexity index is 1440. The smallest absolute Gasteiger partial charge is 0.264 e. The van der Waals surface area contributed by atoms with Crippen LogP contribution in [0.25, 0.3) is 0 Å². The monoisotopic (exact) mass is 623 g/mol. The van der Waals surface area contributed by atoms with Gasteiger partial charge < -0.3 is 10.2 Å². The van der Waals surface area contributed by atoms with Crippen molar-refractivity contribution in [3.05, 3.63) is 93.4 Å². The average Bonchev–Trinajstić information content (AvgIpc) is 2.89. The van der Waals surface area contributed by atoms with Gasteiger partial charge in [0.1, 0.15) is 12.6 Å². The van der Waals surface area contributed by atoms with E-state index < -0.39 is 34.1 Å². The normalized spacial score (nSPS) is 12.5. The lowest BCUT2D eigenvalue weighted by atomic mass is 10.1. The van der Waals surface area contributed by atoms with Gasteiger partial charge in [-0.05, 0) is 75.2 Å². The van der Waals surface area contributed by atoms with E-state index in [0.717, 1.165) is 9.87 Å². The van der Waals surface area contributed by atoms with Crippen LogP contribution >= 0.6 is 34.8 Å². The molecule has 0 spiro atoms. The lowest BCUT2D eigenvalue weighted by Crippen LogP contribution is -2.55. The summed E-state index contributed by atoms with van der Waals surface area (Å²) in [5, 5.41) is 3.80. The Morgan fingerprint density at radius 2 is 1.50 bits per heavy atom. The van der Waals surface area contributed by atoms with Gasteiger partial charge in [0.15, 0.2) is 0 Å². The number of carbonyl (C=O) groups is 2. The fourth-order valence-electron chi connectivity index (χ4n) is 4.07. The summed E-state index contributed by atoms with van der Waals surface area (Å²) >= 11 is 18.7. The minimum Gasteiger partial charge on any atom is -0.350 e. The second-order valence-corrected chi connectivity index (χ2v) is 13.4. The second kappa shape index (κ2) is 13.3. The molecule has 0 saturated heterocycles. The minimum absolute atomic E-state index is 0.0272. The van der Waals surface area contributed by atoms with Crippen LogP contribution in [0.2, 0.25) is 15.1 Å². The zero-order valence-corrected chi connectivity index (χ0v) is 25.8. The van der Waals surface area contributed by atoms with E-state index in [1.165, 1.54) is 35.2 Å². The van der Waals surface area contributed by atoms with Crippen molar-refractivity contribution in [3.8, 4) is 0 Å². The Kier molecular flexibility index (Phi) is 10.5. The SMILES string of the molecule is CCC(C(=O)NC(C)(C)C)N(Cc1ccc(Cl)cc1)C(=O)CN(c1cc(Cl)ccc1Cl)S(=O)(=O)c1ccccc1. The fraction of sp³-hybridized carbons (Fsp3) is 0.310. The van der Waals surface area contributed by atoms with E-state index >= 15 is 0 Å². The van der Waals surface area contributed by atoms with Gasteiger partial charge in [0.05, 0.1) is 15.6 Å². The quantitative estimate of drug-likeness (QED) is 0.277. The van der Waals surface area contributed by atoms with Crippen molar-refractivity contribution in [2.45, 2.75) is 57.1 Å². The Hall–Kier alpha value is -2.78. The van der Waals surface area contributed by atoms with Gasteiger partial charge in [-0.3, -0.25) is 13.9 Å². The highest BCUT2D eigenvalue weighted by Crippen LogP contribution is 2.33. The third kappa shape index (κ3) is 8.13.